The summed E-state index contributed by atoms with van der Waals surface area (Å²) in [5.74, 6) is 0.350. The number of aromatic nitrogens is 2. The standard InChI is InChI=1S/C18H16N4O2/c1-24-16-8-7-12(11-14(16)17(19)23)15-9-10-20-18(22-15)21-13-5-3-2-4-6-13/h2-11H,1H3,(H2,19,23)(H,20,21,22). The van der Waals surface area contributed by atoms with Crippen LogP contribution in [0.4, 0.5) is 11.6 Å². The average molecular weight is 320 g/mol. The Morgan fingerprint density at radius 1 is 1.12 bits per heavy atom. The molecule has 0 unspecified atom stereocenters. The van der Waals surface area contributed by atoms with E-state index in [0.29, 0.717) is 23.0 Å². The van der Waals surface area contributed by atoms with E-state index in [9.17, 15) is 4.79 Å². The number of ether oxygens (including phenoxy) is 1. The van der Waals surface area contributed by atoms with Crippen LogP contribution >= 0.6 is 0 Å². The maximum absolute atomic E-state index is 11.6. The molecule has 2 aromatic carbocycles. The second kappa shape index (κ2) is 6.78. The fourth-order valence-electron chi connectivity index (χ4n) is 2.29. The summed E-state index contributed by atoms with van der Waals surface area (Å²) in [5, 5.41) is 3.14. The van der Waals surface area contributed by atoms with Gasteiger partial charge in [-0.25, -0.2) is 9.97 Å². The normalized spacial score (nSPS) is 10.2. The predicted octanol–water partition coefficient (Wildman–Crippen LogP) is 2.99. The smallest absolute Gasteiger partial charge is 0.252 e. The van der Waals surface area contributed by atoms with Gasteiger partial charge in [0.2, 0.25) is 5.95 Å². The number of methoxy groups -OCH3 is 1. The van der Waals surface area contributed by atoms with E-state index in [-0.39, 0.29) is 0 Å². The lowest BCUT2D eigenvalue weighted by Gasteiger charge is -2.09. The number of rotatable bonds is 5. The van der Waals surface area contributed by atoms with Gasteiger partial charge in [0, 0.05) is 17.4 Å². The molecule has 0 atom stereocenters. The summed E-state index contributed by atoms with van der Waals surface area (Å²) in [6.07, 6.45) is 1.65. The number of hydrogen-bond donors (Lipinski definition) is 2. The molecule has 0 spiro atoms. The molecule has 3 N–H and O–H groups in total. The summed E-state index contributed by atoms with van der Waals surface area (Å²) in [4.78, 5) is 20.3. The van der Waals surface area contributed by atoms with Crippen LogP contribution in [0.15, 0.2) is 60.8 Å². The second-order valence-electron chi connectivity index (χ2n) is 5.04. The number of hydrogen-bond acceptors (Lipinski definition) is 5. The molecule has 6 heteroatoms. The lowest BCUT2D eigenvalue weighted by Crippen LogP contribution is -2.12. The largest absolute Gasteiger partial charge is 0.496 e. The minimum atomic E-state index is -0.551. The Hall–Kier alpha value is -3.41. The maximum Gasteiger partial charge on any atom is 0.252 e. The van der Waals surface area contributed by atoms with E-state index in [1.165, 1.54) is 7.11 Å². The molecule has 0 fully saturated rings. The van der Waals surface area contributed by atoms with E-state index in [2.05, 4.69) is 15.3 Å². The monoisotopic (exact) mass is 320 g/mol. The van der Waals surface area contributed by atoms with Crippen molar-refractivity contribution >= 4 is 17.5 Å². The van der Waals surface area contributed by atoms with E-state index in [1.807, 2.05) is 36.4 Å². The Morgan fingerprint density at radius 2 is 1.92 bits per heavy atom. The van der Waals surface area contributed by atoms with Crippen molar-refractivity contribution in [3.05, 3.63) is 66.4 Å². The van der Waals surface area contributed by atoms with E-state index in [1.54, 1.807) is 24.4 Å². The Bertz CT molecular complexity index is 866. The van der Waals surface area contributed by atoms with Crippen molar-refractivity contribution in [2.45, 2.75) is 0 Å². The van der Waals surface area contributed by atoms with E-state index < -0.39 is 5.91 Å². The molecule has 1 aromatic heterocycles. The van der Waals surface area contributed by atoms with Gasteiger partial charge in [0.15, 0.2) is 0 Å². The molecule has 0 saturated heterocycles. The molecular formula is C18H16N4O2. The van der Waals surface area contributed by atoms with Gasteiger partial charge < -0.3 is 15.8 Å². The van der Waals surface area contributed by atoms with Gasteiger partial charge in [-0.2, -0.15) is 0 Å². The topological polar surface area (TPSA) is 90.1 Å². The van der Waals surface area contributed by atoms with Gasteiger partial charge in [0.1, 0.15) is 5.75 Å². The number of para-hydroxylation sites is 1. The molecule has 0 bridgehead atoms. The number of nitrogens with two attached hydrogens (primary N) is 1. The van der Waals surface area contributed by atoms with E-state index >= 15 is 0 Å². The van der Waals surface area contributed by atoms with Crippen LogP contribution < -0.4 is 15.8 Å². The molecule has 1 heterocycles. The summed E-state index contributed by atoms with van der Waals surface area (Å²) < 4.78 is 5.15. The van der Waals surface area contributed by atoms with Gasteiger partial charge >= 0.3 is 0 Å². The number of carbonyl (C=O) groups is 1. The number of nitrogens with zero attached hydrogens (tertiary/aromatic N) is 2. The summed E-state index contributed by atoms with van der Waals surface area (Å²) in [5.41, 5.74) is 8.03. The Morgan fingerprint density at radius 3 is 2.62 bits per heavy atom. The lowest BCUT2D eigenvalue weighted by molar-refractivity contribution is 0.0997. The minimum absolute atomic E-state index is 0.311. The summed E-state index contributed by atoms with van der Waals surface area (Å²) in [7, 11) is 1.49. The first kappa shape index (κ1) is 15.5. The van der Waals surface area contributed by atoms with Crippen LogP contribution in [-0.2, 0) is 0 Å². The van der Waals surface area contributed by atoms with Crippen LogP contribution in [0.2, 0.25) is 0 Å². The van der Waals surface area contributed by atoms with Gasteiger partial charge in [-0.1, -0.05) is 18.2 Å². The quantitative estimate of drug-likeness (QED) is 0.754. The SMILES string of the molecule is COc1ccc(-c2ccnc(Nc3ccccc3)n2)cc1C(N)=O. The lowest BCUT2D eigenvalue weighted by atomic mass is 10.1. The summed E-state index contributed by atoms with van der Waals surface area (Å²) in [6, 6.07) is 16.6. The average Bonchev–Trinajstić information content (AvgIpc) is 2.62. The van der Waals surface area contributed by atoms with E-state index in [0.717, 1.165) is 11.3 Å². The molecule has 0 saturated carbocycles. The molecular weight excluding hydrogens is 304 g/mol. The van der Waals surface area contributed by atoms with Crippen molar-refractivity contribution in [2.24, 2.45) is 5.73 Å². The fraction of sp³-hybridized carbons (Fsp3) is 0.0556. The van der Waals surface area contributed by atoms with Crippen LogP contribution in [-0.4, -0.2) is 23.0 Å². The van der Waals surface area contributed by atoms with Crippen LogP contribution in [0.1, 0.15) is 10.4 Å². The predicted molar refractivity (Wildman–Crippen MR) is 92.3 cm³/mol. The molecule has 3 aromatic rings. The Kier molecular flexibility index (Phi) is 4.38. The van der Waals surface area contributed by atoms with Crippen LogP contribution in [0, 0.1) is 0 Å². The Balaban J connectivity index is 1.94. The van der Waals surface area contributed by atoms with Crippen molar-refractivity contribution in [3.63, 3.8) is 0 Å². The number of benzene rings is 2. The highest BCUT2D eigenvalue weighted by molar-refractivity contribution is 5.97. The van der Waals surface area contributed by atoms with Crippen molar-refractivity contribution in [1.82, 2.24) is 9.97 Å². The van der Waals surface area contributed by atoms with Crippen molar-refractivity contribution in [1.29, 1.82) is 0 Å². The number of primary amides is 1. The number of amides is 1. The van der Waals surface area contributed by atoms with Crippen LogP contribution in [0.25, 0.3) is 11.3 Å². The first-order valence-electron chi connectivity index (χ1n) is 7.30. The van der Waals surface area contributed by atoms with E-state index in [4.69, 9.17) is 10.5 Å². The summed E-state index contributed by atoms with van der Waals surface area (Å²) in [6.45, 7) is 0. The molecule has 3 rings (SSSR count). The minimum Gasteiger partial charge on any atom is -0.496 e. The third kappa shape index (κ3) is 3.33. The Labute approximate surface area is 139 Å². The van der Waals surface area contributed by atoms with Gasteiger partial charge in [0.05, 0.1) is 18.4 Å². The molecule has 6 nitrogen and oxygen atoms in total. The zero-order chi connectivity index (χ0) is 16.9. The van der Waals surface area contributed by atoms with Crippen LogP contribution in [0.3, 0.4) is 0 Å². The highest BCUT2D eigenvalue weighted by atomic mass is 16.5. The molecule has 120 valence electrons. The fourth-order valence-corrected chi connectivity index (χ4v) is 2.29. The number of nitrogens with one attached hydrogen (secondary N) is 1. The highest BCUT2D eigenvalue weighted by Crippen LogP contribution is 2.26. The maximum atomic E-state index is 11.6. The van der Waals surface area contributed by atoms with Gasteiger partial charge in [-0.15, -0.1) is 0 Å². The molecule has 1 amide bonds. The van der Waals surface area contributed by atoms with Crippen molar-refractivity contribution in [2.75, 3.05) is 12.4 Å². The summed E-state index contributed by atoms with van der Waals surface area (Å²) >= 11 is 0. The number of anilines is 2. The molecule has 0 radical (unpaired) electrons. The second-order valence-corrected chi connectivity index (χ2v) is 5.04. The van der Waals surface area contributed by atoms with Gasteiger partial charge in [-0.05, 0) is 36.4 Å². The highest BCUT2D eigenvalue weighted by Gasteiger charge is 2.12. The molecule has 0 aliphatic heterocycles. The third-order valence-electron chi connectivity index (χ3n) is 3.45. The first-order valence-corrected chi connectivity index (χ1v) is 7.30. The molecule has 0 aliphatic rings. The molecule has 24 heavy (non-hydrogen) atoms. The van der Waals surface area contributed by atoms with Crippen LogP contribution in [0.5, 0.6) is 5.75 Å². The zero-order valence-corrected chi connectivity index (χ0v) is 13.1. The molecule has 0 aliphatic carbocycles. The van der Waals surface area contributed by atoms with Crippen molar-refractivity contribution in [3.8, 4) is 17.0 Å². The van der Waals surface area contributed by atoms with Gasteiger partial charge in [-0.3, -0.25) is 4.79 Å². The van der Waals surface area contributed by atoms with Crippen molar-refractivity contribution < 1.29 is 9.53 Å². The first-order chi connectivity index (χ1) is 11.7. The number of carbonyl (C=O) groups excluding carboxylic acids is 1. The zero-order valence-electron chi connectivity index (χ0n) is 13.1. The third-order valence-corrected chi connectivity index (χ3v) is 3.45. The van der Waals surface area contributed by atoms with Gasteiger partial charge in [0.25, 0.3) is 5.91 Å².